The average molecular weight is 293 g/mol. The molecule has 0 atom stereocenters. The minimum Gasteiger partial charge on any atom is -0.370 e. The van der Waals surface area contributed by atoms with E-state index in [0.717, 1.165) is 19.4 Å². The number of anilines is 1. The molecule has 2 rings (SSSR count). The Morgan fingerprint density at radius 2 is 2.40 bits per heavy atom. The Morgan fingerprint density at radius 3 is 3.00 bits per heavy atom. The lowest BCUT2D eigenvalue weighted by atomic mass is 10.2. The summed E-state index contributed by atoms with van der Waals surface area (Å²) in [5.41, 5.74) is 0.447. The highest BCUT2D eigenvalue weighted by atomic mass is 35.5. The van der Waals surface area contributed by atoms with Crippen LogP contribution in [0.4, 0.5) is 5.82 Å². The van der Waals surface area contributed by atoms with Crippen molar-refractivity contribution >= 4 is 23.3 Å². The number of nitrogens with zero attached hydrogens (tertiary/aromatic N) is 3. The fraction of sp³-hybridized carbons (Fsp3) is 0.500. The monoisotopic (exact) mass is 292 g/mol. The first-order valence-electron chi connectivity index (χ1n) is 6.74. The number of halogens is 1. The molecule has 1 fully saturated rings. The number of nitrogens with one attached hydrogen (secondary N) is 1. The molecule has 0 bridgehead atoms. The lowest BCUT2D eigenvalue weighted by Gasteiger charge is -2.22. The Kier molecular flexibility index (Phi) is 4.80. The molecule has 1 aromatic rings. The summed E-state index contributed by atoms with van der Waals surface area (Å²) in [6.45, 7) is 3.14. The Morgan fingerprint density at radius 1 is 1.65 bits per heavy atom. The van der Waals surface area contributed by atoms with E-state index in [1.165, 1.54) is 6.20 Å². The maximum Gasteiger partial charge on any atom is 0.255 e. The molecule has 6 heteroatoms. The summed E-state index contributed by atoms with van der Waals surface area (Å²) in [6, 6.07) is 4.01. The third-order valence-electron chi connectivity index (χ3n) is 3.16. The van der Waals surface area contributed by atoms with E-state index < -0.39 is 0 Å². The second-order valence-electron chi connectivity index (χ2n) is 4.72. The second-order valence-corrected chi connectivity index (χ2v) is 5.12. The van der Waals surface area contributed by atoms with Crippen molar-refractivity contribution in [2.45, 2.75) is 32.2 Å². The fourth-order valence-electron chi connectivity index (χ4n) is 2.04. The van der Waals surface area contributed by atoms with E-state index in [1.54, 1.807) is 11.0 Å². The van der Waals surface area contributed by atoms with Crippen LogP contribution in [0.25, 0.3) is 0 Å². The first-order chi connectivity index (χ1) is 9.67. The molecule has 0 radical (unpaired) electrons. The molecule has 1 aliphatic rings. The minimum atomic E-state index is -0.116. The van der Waals surface area contributed by atoms with Crippen LogP contribution in [0.1, 0.15) is 36.5 Å². The van der Waals surface area contributed by atoms with Gasteiger partial charge in [-0.25, -0.2) is 4.98 Å². The van der Waals surface area contributed by atoms with E-state index in [2.05, 4.69) is 16.4 Å². The van der Waals surface area contributed by atoms with E-state index >= 15 is 0 Å². The van der Waals surface area contributed by atoms with Crippen LogP contribution in [0, 0.1) is 11.3 Å². The molecule has 0 spiro atoms. The summed E-state index contributed by atoms with van der Waals surface area (Å²) < 4.78 is 0. The highest BCUT2D eigenvalue weighted by Gasteiger charge is 2.33. The highest BCUT2D eigenvalue weighted by molar-refractivity contribution is 6.33. The zero-order valence-electron chi connectivity index (χ0n) is 11.4. The zero-order chi connectivity index (χ0) is 14.5. The van der Waals surface area contributed by atoms with Crippen LogP contribution in [-0.4, -0.2) is 34.9 Å². The van der Waals surface area contributed by atoms with E-state index in [-0.39, 0.29) is 11.9 Å². The van der Waals surface area contributed by atoms with Crippen molar-refractivity contribution in [2.75, 3.05) is 18.4 Å². The van der Waals surface area contributed by atoms with Crippen molar-refractivity contribution < 1.29 is 4.79 Å². The number of hydrogen-bond donors (Lipinski definition) is 1. The van der Waals surface area contributed by atoms with Crippen LogP contribution in [0.3, 0.4) is 0 Å². The van der Waals surface area contributed by atoms with Crippen molar-refractivity contribution in [1.82, 2.24) is 9.88 Å². The van der Waals surface area contributed by atoms with Crippen LogP contribution in [-0.2, 0) is 0 Å². The molecule has 1 aliphatic carbocycles. The lowest BCUT2D eigenvalue weighted by Crippen LogP contribution is -2.34. The van der Waals surface area contributed by atoms with Crippen LogP contribution >= 0.6 is 11.6 Å². The maximum absolute atomic E-state index is 12.6. The largest absolute Gasteiger partial charge is 0.370 e. The van der Waals surface area contributed by atoms with Gasteiger partial charge in [0.25, 0.3) is 5.91 Å². The SMILES string of the molecule is CCNc1cc(C(=O)N(CCC#N)C2CC2)c(Cl)cn1. The van der Waals surface area contributed by atoms with Gasteiger partial charge in [-0.1, -0.05) is 11.6 Å². The van der Waals surface area contributed by atoms with E-state index in [0.29, 0.717) is 29.4 Å². The van der Waals surface area contributed by atoms with Gasteiger partial charge in [0.15, 0.2) is 0 Å². The molecular formula is C14H17ClN4O. The van der Waals surface area contributed by atoms with Gasteiger partial charge in [0.1, 0.15) is 5.82 Å². The van der Waals surface area contributed by atoms with E-state index in [1.807, 2.05) is 6.92 Å². The van der Waals surface area contributed by atoms with Gasteiger partial charge >= 0.3 is 0 Å². The summed E-state index contributed by atoms with van der Waals surface area (Å²) in [7, 11) is 0. The van der Waals surface area contributed by atoms with Gasteiger partial charge in [-0.15, -0.1) is 0 Å². The third-order valence-corrected chi connectivity index (χ3v) is 3.46. The molecule has 20 heavy (non-hydrogen) atoms. The van der Waals surface area contributed by atoms with Crippen molar-refractivity contribution in [3.63, 3.8) is 0 Å². The number of pyridine rings is 1. The second kappa shape index (κ2) is 6.58. The molecule has 1 amide bonds. The lowest BCUT2D eigenvalue weighted by molar-refractivity contribution is 0.0747. The minimum absolute atomic E-state index is 0.116. The van der Waals surface area contributed by atoms with Crippen molar-refractivity contribution in [1.29, 1.82) is 5.26 Å². The molecule has 1 saturated carbocycles. The number of carbonyl (C=O) groups excluding carboxylic acids is 1. The summed E-state index contributed by atoms with van der Waals surface area (Å²) in [5, 5.41) is 12.1. The molecule has 1 N–H and O–H groups in total. The predicted molar refractivity (Wildman–Crippen MR) is 77.7 cm³/mol. The van der Waals surface area contributed by atoms with Gasteiger partial charge in [-0.2, -0.15) is 5.26 Å². The van der Waals surface area contributed by atoms with Gasteiger partial charge in [0, 0.05) is 25.3 Å². The van der Waals surface area contributed by atoms with Crippen molar-refractivity contribution in [3.8, 4) is 6.07 Å². The van der Waals surface area contributed by atoms with E-state index in [9.17, 15) is 4.79 Å². The Balaban J connectivity index is 2.21. The number of amides is 1. The topological polar surface area (TPSA) is 69.0 Å². The van der Waals surface area contributed by atoms with Crippen LogP contribution < -0.4 is 5.32 Å². The third kappa shape index (κ3) is 3.40. The number of hydrogen-bond acceptors (Lipinski definition) is 4. The highest BCUT2D eigenvalue weighted by Crippen LogP contribution is 2.30. The van der Waals surface area contributed by atoms with Gasteiger partial charge in [0.2, 0.25) is 0 Å². The smallest absolute Gasteiger partial charge is 0.255 e. The van der Waals surface area contributed by atoms with Gasteiger partial charge in [-0.3, -0.25) is 4.79 Å². The molecule has 0 saturated heterocycles. The number of nitriles is 1. The number of carbonyl (C=O) groups is 1. The Labute approximate surface area is 123 Å². The van der Waals surface area contributed by atoms with Gasteiger partial charge in [0.05, 0.1) is 23.1 Å². The molecule has 5 nitrogen and oxygen atoms in total. The quantitative estimate of drug-likeness (QED) is 0.875. The Hall–Kier alpha value is -1.80. The van der Waals surface area contributed by atoms with Crippen LogP contribution in [0.2, 0.25) is 5.02 Å². The normalized spacial score (nSPS) is 13.7. The first kappa shape index (κ1) is 14.6. The number of rotatable bonds is 6. The molecule has 0 unspecified atom stereocenters. The zero-order valence-corrected chi connectivity index (χ0v) is 12.2. The molecular weight excluding hydrogens is 276 g/mol. The first-order valence-corrected chi connectivity index (χ1v) is 7.12. The van der Waals surface area contributed by atoms with Gasteiger partial charge in [-0.05, 0) is 25.8 Å². The average Bonchev–Trinajstić information content (AvgIpc) is 3.26. The fourth-order valence-corrected chi connectivity index (χ4v) is 2.23. The molecule has 0 aliphatic heterocycles. The Bertz CT molecular complexity index is 536. The van der Waals surface area contributed by atoms with Gasteiger partial charge < -0.3 is 10.2 Å². The number of aromatic nitrogens is 1. The summed E-state index contributed by atoms with van der Waals surface area (Å²) >= 11 is 6.09. The summed E-state index contributed by atoms with van der Waals surface area (Å²) in [4.78, 5) is 18.5. The van der Waals surface area contributed by atoms with Crippen LogP contribution in [0.5, 0.6) is 0 Å². The molecule has 106 valence electrons. The molecule has 1 heterocycles. The van der Waals surface area contributed by atoms with Crippen molar-refractivity contribution in [3.05, 3.63) is 22.8 Å². The molecule has 0 aromatic carbocycles. The summed E-state index contributed by atoms with van der Waals surface area (Å²) in [5.74, 6) is 0.519. The standard InChI is InChI=1S/C14H17ClN4O/c1-2-17-13-8-11(12(15)9-18-13)14(20)19(7-3-6-16)10-4-5-10/h8-10H,2-5,7H2,1H3,(H,17,18). The summed E-state index contributed by atoms with van der Waals surface area (Å²) in [6.07, 6.45) is 3.83. The van der Waals surface area contributed by atoms with E-state index in [4.69, 9.17) is 16.9 Å². The van der Waals surface area contributed by atoms with Crippen molar-refractivity contribution in [2.24, 2.45) is 0 Å². The van der Waals surface area contributed by atoms with Crippen LogP contribution in [0.15, 0.2) is 12.3 Å². The predicted octanol–water partition coefficient (Wildman–Crippen LogP) is 2.69. The maximum atomic E-state index is 12.6. The molecule has 1 aromatic heterocycles.